The molecule has 0 fully saturated rings. The second kappa shape index (κ2) is 14.3. The quantitative estimate of drug-likeness (QED) is 0.126. The first-order valence-corrected chi connectivity index (χ1v) is 23.8. The fourth-order valence-corrected chi connectivity index (χ4v) is 16.2. The van der Waals surface area contributed by atoms with E-state index in [0.717, 1.165) is 0 Å². The van der Waals surface area contributed by atoms with E-state index in [1.165, 1.54) is 88.3 Å². The van der Waals surface area contributed by atoms with Crippen LogP contribution in [0, 0.1) is 13.8 Å². The molecule has 7 aromatic rings. The van der Waals surface area contributed by atoms with Gasteiger partial charge in [-0.05, 0) is 126 Å². The van der Waals surface area contributed by atoms with Gasteiger partial charge in [0.05, 0.1) is 0 Å². The molecule has 0 bridgehead atoms. The largest absolute Gasteiger partial charge is 0.311 e. The molecule has 7 aromatic carbocycles. The highest BCUT2D eigenvalue weighted by Crippen LogP contribution is 2.46. The number of fused-ring (bicyclic) bond motifs is 4. The number of hydrogen-bond acceptors (Lipinski definition) is 2. The van der Waals surface area contributed by atoms with Gasteiger partial charge in [0.25, 0.3) is 6.71 Å². The van der Waals surface area contributed by atoms with Crippen LogP contribution in [0.15, 0.2) is 158 Å². The molecule has 0 radical (unpaired) electrons. The van der Waals surface area contributed by atoms with Gasteiger partial charge in [0.15, 0.2) is 8.07 Å². The number of aryl methyl sites for hydroxylation is 2. The Morgan fingerprint density at radius 1 is 0.417 bits per heavy atom. The summed E-state index contributed by atoms with van der Waals surface area (Å²) in [6, 6.07) is 61.0. The Kier molecular flexibility index (Phi) is 9.48. The van der Waals surface area contributed by atoms with E-state index in [9.17, 15) is 0 Å². The highest BCUT2D eigenvalue weighted by atomic mass is 28.3. The van der Waals surface area contributed by atoms with E-state index < -0.39 is 8.07 Å². The minimum absolute atomic E-state index is 0.0198. The second-order valence-corrected chi connectivity index (χ2v) is 25.2. The highest BCUT2D eigenvalue weighted by molar-refractivity contribution is 7.13. The Morgan fingerprint density at radius 3 is 1.48 bits per heavy atom. The van der Waals surface area contributed by atoms with Gasteiger partial charge in [-0.2, -0.15) is 0 Å². The van der Waals surface area contributed by atoms with Crippen molar-refractivity contribution < 1.29 is 0 Å². The van der Waals surface area contributed by atoms with Crippen LogP contribution in [0.5, 0.6) is 0 Å². The Hall–Kier alpha value is -5.58. The van der Waals surface area contributed by atoms with Crippen molar-refractivity contribution in [1.29, 1.82) is 0 Å². The van der Waals surface area contributed by atoms with Crippen LogP contribution < -0.4 is 41.7 Å². The minimum atomic E-state index is -2.68. The average Bonchev–Trinajstić information content (AvgIpc) is 3.21. The zero-order valence-corrected chi connectivity index (χ0v) is 38.5. The number of rotatable bonds is 5. The van der Waals surface area contributed by atoms with Gasteiger partial charge in [-0.15, -0.1) is 0 Å². The Balaban J connectivity index is 1.41. The lowest BCUT2D eigenvalue weighted by Crippen LogP contribution is -2.73. The van der Waals surface area contributed by atoms with E-state index in [-0.39, 0.29) is 22.6 Å². The van der Waals surface area contributed by atoms with Gasteiger partial charge in [-0.1, -0.05) is 178 Å². The fraction of sp³-hybridized carbons (Fsp3) is 0.250. The highest BCUT2D eigenvalue weighted by Gasteiger charge is 2.51. The van der Waals surface area contributed by atoms with Gasteiger partial charge in [0, 0.05) is 34.1 Å². The SMILES string of the molecule is Cc1cc2c3c(c1)N(c1ccccc1C)c1ccc([Si](c4ccccc4)(c4ccccc4)C(C)(C)C)cc1B3c1cc(C(C)(C)C)ccc1N2c1ccc(C(C)(C)C)cc1. The monoisotopic (exact) mass is 798 g/mol. The maximum absolute atomic E-state index is 2.68. The van der Waals surface area contributed by atoms with Gasteiger partial charge in [-0.3, -0.25) is 0 Å². The molecule has 0 unspecified atom stereocenters. The molecule has 0 N–H and O–H groups in total. The summed E-state index contributed by atoms with van der Waals surface area (Å²) < 4.78 is 0. The van der Waals surface area contributed by atoms with E-state index in [4.69, 9.17) is 0 Å². The summed E-state index contributed by atoms with van der Waals surface area (Å²) in [5, 5.41) is 4.28. The third kappa shape index (κ3) is 6.29. The van der Waals surface area contributed by atoms with Gasteiger partial charge in [0.1, 0.15) is 0 Å². The standard InChI is InChI=1S/C56H59BN2Si/c1-38-34-51-53-52(35-38)59(48-25-19-18-20-39(48)2)50-33-31-45(60(56(9,10)11,43-21-14-12-15-22-43)44-23-16-13-17-24-44)37-47(50)57(53)46-36-41(55(6,7)8)28-32-49(46)58(51)42-29-26-40(27-30-42)54(3,4)5/h12-37H,1-11H3. The molecule has 0 spiro atoms. The normalized spacial score (nSPS) is 13.8. The zero-order valence-electron chi connectivity index (χ0n) is 37.5. The van der Waals surface area contributed by atoms with Crippen LogP contribution in [0.25, 0.3) is 0 Å². The van der Waals surface area contributed by atoms with Crippen LogP contribution in [0.4, 0.5) is 34.1 Å². The second-order valence-electron chi connectivity index (χ2n) is 20.4. The van der Waals surface area contributed by atoms with Crippen LogP contribution in [-0.4, -0.2) is 14.8 Å². The maximum atomic E-state index is 2.66. The van der Waals surface area contributed by atoms with E-state index >= 15 is 0 Å². The zero-order chi connectivity index (χ0) is 42.4. The number of anilines is 6. The molecular weight excluding hydrogens is 740 g/mol. The van der Waals surface area contributed by atoms with Crippen molar-refractivity contribution in [3.05, 3.63) is 180 Å². The molecule has 2 nitrogen and oxygen atoms in total. The van der Waals surface area contributed by atoms with Crippen molar-refractivity contribution in [2.75, 3.05) is 9.80 Å². The Bertz CT molecular complexity index is 2690. The first-order valence-electron chi connectivity index (χ1n) is 21.8. The van der Waals surface area contributed by atoms with Crippen molar-refractivity contribution in [2.45, 2.75) is 92.0 Å². The Morgan fingerprint density at radius 2 is 0.917 bits per heavy atom. The summed E-state index contributed by atoms with van der Waals surface area (Å²) in [5.74, 6) is 0. The molecule has 2 aliphatic heterocycles. The summed E-state index contributed by atoms with van der Waals surface area (Å²) in [6.07, 6.45) is 0. The summed E-state index contributed by atoms with van der Waals surface area (Å²) in [4.78, 5) is 5.14. The molecule has 9 rings (SSSR count). The predicted molar refractivity (Wildman–Crippen MR) is 265 cm³/mol. The lowest BCUT2D eigenvalue weighted by Gasteiger charge is -2.47. The van der Waals surface area contributed by atoms with Crippen molar-refractivity contribution in [3.63, 3.8) is 0 Å². The molecule has 60 heavy (non-hydrogen) atoms. The molecule has 0 aromatic heterocycles. The van der Waals surface area contributed by atoms with Crippen LogP contribution in [0.1, 0.15) is 84.6 Å². The van der Waals surface area contributed by atoms with Gasteiger partial charge < -0.3 is 9.80 Å². The van der Waals surface area contributed by atoms with Crippen LogP contribution in [0.3, 0.4) is 0 Å². The topological polar surface area (TPSA) is 6.48 Å². The lowest BCUT2D eigenvalue weighted by atomic mass is 9.33. The molecule has 4 heteroatoms. The fourth-order valence-electron chi connectivity index (χ4n) is 10.5. The number of para-hydroxylation sites is 1. The van der Waals surface area contributed by atoms with Crippen molar-refractivity contribution in [1.82, 2.24) is 0 Å². The first-order chi connectivity index (χ1) is 28.5. The lowest BCUT2D eigenvalue weighted by molar-refractivity contribution is 0.590. The Labute approximate surface area is 361 Å². The molecular formula is C56H59BN2Si. The molecule has 300 valence electrons. The summed E-state index contributed by atoms with van der Waals surface area (Å²) >= 11 is 0. The van der Waals surface area contributed by atoms with E-state index in [1.807, 2.05) is 0 Å². The summed E-state index contributed by atoms with van der Waals surface area (Å²) in [5.41, 5.74) is 16.8. The minimum Gasteiger partial charge on any atom is -0.311 e. The molecule has 0 atom stereocenters. The van der Waals surface area contributed by atoms with Gasteiger partial charge >= 0.3 is 0 Å². The van der Waals surface area contributed by atoms with Crippen molar-refractivity contribution in [3.8, 4) is 0 Å². The third-order valence-corrected chi connectivity index (χ3v) is 19.2. The van der Waals surface area contributed by atoms with Gasteiger partial charge in [-0.25, -0.2) is 0 Å². The maximum Gasteiger partial charge on any atom is 0.252 e. The molecule has 2 heterocycles. The van der Waals surface area contributed by atoms with Crippen molar-refractivity contribution >= 4 is 80.9 Å². The smallest absolute Gasteiger partial charge is 0.252 e. The molecule has 0 saturated carbocycles. The van der Waals surface area contributed by atoms with Crippen LogP contribution in [-0.2, 0) is 10.8 Å². The third-order valence-electron chi connectivity index (χ3n) is 13.4. The van der Waals surface area contributed by atoms with E-state index in [2.05, 4.69) is 244 Å². The van der Waals surface area contributed by atoms with Crippen molar-refractivity contribution in [2.24, 2.45) is 0 Å². The summed E-state index contributed by atoms with van der Waals surface area (Å²) in [6.45, 7) is 25.9. The number of nitrogens with zero attached hydrogens (tertiary/aromatic N) is 2. The van der Waals surface area contributed by atoms with E-state index in [0.29, 0.717) is 0 Å². The van der Waals surface area contributed by atoms with E-state index in [1.54, 1.807) is 0 Å². The first kappa shape index (κ1) is 39.9. The van der Waals surface area contributed by atoms with Crippen LogP contribution >= 0.6 is 0 Å². The molecule has 0 saturated heterocycles. The molecule has 2 aliphatic rings. The summed E-state index contributed by atoms with van der Waals surface area (Å²) in [7, 11) is -2.68. The average molecular weight is 799 g/mol. The molecule has 0 amide bonds. The van der Waals surface area contributed by atoms with Gasteiger partial charge in [0.2, 0.25) is 0 Å². The number of hydrogen-bond donors (Lipinski definition) is 0. The number of benzene rings is 7. The van der Waals surface area contributed by atoms with Crippen LogP contribution in [0.2, 0.25) is 5.04 Å². The predicted octanol–water partition coefficient (Wildman–Crippen LogP) is 11.3. The molecule has 0 aliphatic carbocycles.